The van der Waals surface area contributed by atoms with Crippen LogP contribution in [-0.4, -0.2) is 25.8 Å². The molecule has 0 unspecified atom stereocenters. The third kappa shape index (κ3) is 3.97. The van der Waals surface area contributed by atoms with Crippen molar-refractivity contribution in [3.63, 3.8) is 0 Å². The molecule has 3 aromatic rings. The maximum absolute atomic E-state index is 14.0. The van der Waals surface area contributed by atoms with Crippen LogP contribution in [0.5, 0.6) is 0 Å². The summed E-state index contributed by atoms with van der Waals surface area (Å²) in [6.45, 7) is 0.947. The molecule has 1 N–H and O–H groups in total. The van der Waals surface area contributed by atoms with Gasteiger partial charge in [-0.3, -0.25) is 4.79 Å². The average molecular weight is 467 g/mol. The van der Waals surface area contributed by atoms with E-state index in [4.69, 9.17) is 4.52 Å². The summed E-state index contributed by atoms with van der Waals surface area (Å²) in [5.41, 5.74) is -5.38. The Morgan fingerprint density at radius 3 is 2.28 bits per heavy atom. The van der Waals surface area contributed by atoms with Crippen molar-refractivity contribution >= 4 is 17.4 Å². The third-order valence-corrected chi connectivity index (χ3v) is 4.12. The molecule has 2 aromatic heterocycles. The van der Waals surface area contributed by atoms with Gasteiger partial charge < -0.3 is 20.0 Å². The molecule has 170 valence electrons. The summed E-state index contributed by atoms with van der Waals surface area (Å²) < 4.78 is 99.3. The van der Waals surface area contributed by atoms with E-state index >= 15 is 0 Å². The van der Waals surface area contributed by atoms with Crippen LogP contribution in [0, 0.1) is 40.3 Å². The SMILES string of the molecule is Cc1onc(C(=O)Nc2c(F)c(F)c(C(F)(F)F)c(F)c2F)c1Cn1ccc([N+](=O)[O-])n1. The number of carbonyl (C=O) groups is 1. The number of carbonyl (C=O) groups excluding carboxylic acids is 1. The largest absolute Gasteiger partial charge is 0.422 e. The predicted molar refractivity (Wildman–Crippen MR) is 88.5 cm³/mol. The summed E-state index contributed by atoms with van der Waals surface area (Å²) in [6.07, 6.45) is -4.59. The van der Waals surface area contributed by atoms with Crippen LogP contribution in [0.25, 0.3) is 0 Å². The highest BCUT2D eigenvalue weighted by Crippen LogP contribution is 2.38. The van der Waals surface area contributed by atoms with Crippen molar-refractivity contribution in [3.8, 4) is 0 Å². The molecule has 16 heteroatoms. The fraction of sp³-hybridized carbons (Fsp3) is 0.188. The first kappa shape index (κ1) is 22.7. The number of anilines is 1. The maximum atomic E-state index is 14.0. The number of nitro groups is 1. The molecule has 1 amide bonds. The summed E-state index contributed by atoms with van der Waals surface area (Å²) in [5, 5.41) is 19.0. The Bertz CT molecular complexity index is 1210. The summed E-state index contributed by atoms with van der Waals surface area (Å²) in [6, 6.07) is 1.03. The third-order valence-electron chi connectivity index (χ3n) is 4.12. The van der Waals surface area contributed by atoms with E-state index in [1.165, 1.54) is 12.2 Å². The summed E-state index contributed by atoms with van der Waals surface area (Å²) in [5.74, 6) is -12.6. The van der Waals surface area contributed by atoms with Gasteiger partial charge in [-0.1, -0.05) is 5.16 Å². The van der Waals surface area contributed by atoms with Gasteiger partial charge in [0.25, 0.3) is 5.91 Å². The molecule has 0 saturated carbocycles. The highest BCUT2D eigenvalue weighted by molar-refractivity contribution is 6.04. The molecule has 0 spiro atoms. The lowest BCUT2D eigenvalue weighted by molar-refractivity contribution is -0.389. The van der Waals surface area contributed by atoms with E-state index in [-0.39, 0.29) is 17.9 Å². The standard InChI is InChI=1S/C16H8F7N5O4/c1-5-6(4-27-3-2-7(25-27)28(30)31)13(26-32-5)15(29)24-14-11(19)9(17)8(16(21,22)23)10(18)12(14)20/h2-3H,4H2,1H3,(H,24,29). The van der Waals surface area contributed by atoms with Crippen LogP contribution >= 0.6 is 0 Å². The van der Waals surface area contributed by atoms with E-state index in [2.05, 4.69) is 10.3 Å². The summed E-state index contributed by atoms with van der Waals surface area (Å²) in [4.78, 5) is 22.3. The molecule has 0 aliphatic rings. The molecule has 32 heavy (non-hydrogen) atoms. The number of aryl methyl sites for hydroxylation is 1. The lowest BCUT2D eigenvalue weighted by Gasteiger charge is -2.14. The molecule has 0 radical (unpaired) electrons. The van der Waals surface area contributed by atoms with Crippen molar-refractivity contribution < 1.29 is 45.0 Å². The second kappa shape index (κ2) is 7.93. The molecular formula is C16H8F7N5O4. The zero-order chi connectivity index (χ0) is 24.0. The highest BCUT2D eigenvalue weighted by atomic mass is 19.4. The van der Waals surface area contributed by atoms with Gasteiger partial charge in [0, 0.05) is 0 Å². The van der Waals surface area contributed by atoms with Gasteiger partial charge in [-0.25, -0.2) is 17.6 Å². The Labute approximate surface area is 171 Å². The minimum Gasteiger partial charge on any atom is -0.361 e. The summed E-state index contributed by atoms with van der Waals surface area (Å²) >= 11 is 0. The van der Waals surface area contributed by atoms with Crippen molar-refractivity contribution in [1.82, 2.24) is 14.9 Å². The van der Waals surface area contributed by atoms with Crippen molar-refractivity contribution in [2.75, 3.05) is 5.32 Å². The molecule has 0 aliphatic carbocycles. The number of nitrogens with zero attached hydrogens (tertiary/aromatic N) is 4. The Morgan fingerprint density at radius 2 is 1.78 bits per heavy atom. The Balaban J connectivity index is 1.96. The van der Waals surface area contributed by atoms with E-state index in [1.54, 1.807) is 0 Å². The van der Waals surface area contributed by atoms with Gasteiger partial charge >= 0.3 is 12.0 Å². The summed E-state index contributed by atoms with van der Waals surface area (Å²) in [7, 11) is 0. The fourth-order valence-corrected chi connectivity index (χ4v) is 2.62. The van der Waals surface area contributed by atoms with Gasteiger partial charge in [0.05, 0.1) is 29.5 Å². The molecule has 2 heterocycles. The molecule has 9 nitrogen and oxygen atoms in total. The van der Waals surface area contributed by atoms with E-state index in [0.29, 0.717) is 0 Å². The van der Waals surface area contributed by atoms with Crippen LogP contribution in [0.15, 0.2) is 16.8 Å². The van der Waals surface area contributed by atoms with Crippen LogP contribution in [-0.2, 0) is 12.7 Å². The molecular weight excluding hydrogens is 459 g/mol. The number of aromatic nitrogens is 3. The molecule has 0 atom stereocenters. The fourth-order valence-electron chi connectivity index (χ4n) is 2.62. The topological polar surface area (TPSA) is 116 Å². The van der Waals surface area contributed by atoms with E-state index < -0.39 is 63.0 Å². The Morgan fingerprint density at radius 1 is 1.19 bits per heavy atom. The van der Waals surface area contributed by atoms with Crippen molar-refractivity contribution in [2.45, 2.75) is 19.6 Å². The van der Waals surface area contributed by atoms with Crippen LogP contribution in [0.4, 0.5) is 42.2 Å². The maximum Gasteiger partial charge on any atom is 0.422 e. The second-order valence-electron chi connectivity index (χ2n) is 6.15. The lowest BCUT2D eigenvalue weighted by Crippen LogP contribution is -2.21. The quantitative estimate of drug-likeness (QED) is 0.263. The van der Waals surface area contributed by atoms with Crippen LogP contribution in [0.1, 0.15) is 27.4 Å². The highest BCUT2D eigenvalue weighted by Gasteiger charge is 2.42. The lowest BCUT2D eigenvalue weighted by atomic mass is 10.1. The van der Waals surface area contributed by atoms with Crippen molar-refractivity contribution in [1.29, 1.82) is 0 Å². The minimum absolute atomic E-state index is 0.0287. The first-order valence-corrected chi connectivity index (χ1v) is 8.20. The smallest absolute Gasteiger partial charge is 0.361 e. The molecule has 0 aliphatic heterocycles. The number of benzene rings is 1. The number of amides is 1. The van der Waals surface area contributed by atoms with Gasteiger partial charge in [-0.15, -0.1) is 0 Å². The number of halogens is 7. The molecule has 3 rings (SSSR count). The first-order chi connectivity index (χ1) is 14.8. The van der Waals surface area contributed by atoms with E-state index in [0.717, 1.165) is 16.9 Å². The predicted octanol–water partition coefficient (Wildman–Crippen LogP) is 3.96. The van der Waals surface area contributed by atoms with Crippen molar-refractivity contribution in [3.05, 3.63) is 68.2 Å². The minimum atomic E-state index is -5.75. The zero-order valence-electron chi connectivity index (χ0n) is 15.4. The van der Waals surface area contributed by atoms with Crippen LogP contribution in [0.3, 0.4) is 0 Å². The molecule has 0 fully saturated rings. The van der Waals surface area contributed by atoms with Gasteiger partial charge in [-0.05, 0) is 11.8 Å². The Hall–Kier alpha value is -3.98. The number of rotatable bonds is 5. The normalized spacial score (nSPS) is 11.6. The number of hydrogen-bond donors (Lipinski definition) is 1. The monoisotopic (exact) mass is 467 g/mol. The molecule has 1 aromatic carbocycles. The number of hydrogen-bond acceptors (Lipinski definition) is 6. The number of alkyl halides is 3. The number of nitrogens with one attached hydrogen (secondary N) is 1. The first-order valence-electron chi connectivity index (χ1n) is 8.20. The van der Waals surface area contributed by atoms with Crippen LogP contribution in [0.2, 0.25) is 0 Å². The van der Waals surface area contributed by atoms with Gasteiger partial charge in [0.15, 0.2) is 29.0 Å². The van der Waals surface area contributed by atoms with Gasteiger partial charge in [-0.2, -0.15) is 17.9 Å². The van der Waals surface area contributed by atoms with E-state index in [1.807, 2.05) is 0 Å². The Kier molecular flexibility index (Phi) is 5.63. The van der Waals surface area contributed by atoms with Gasteiger partial charge in [0.1, 0.15) is 17.0 Å². The zero-order valence-corrected chi connectivity index (χ0v) is 15.4. The van der Waals surface area contributed by atoms with Gasteiger partial charge in [0.2, 0.25) is 0 Å². The average Bonchev–Trinajstić information content (AvgIpc) is 3.30. The molecule has 0 saturated heterocycles. The van der Waals surface area contributed by atoms with E-state index in [9.17, 15) is 45.6 Å². The molecule has 0 bridgehead atoms. The second-order valence-corrected chi connectivity index (χ2v) is 6.15. The van der Waals surface area contributed by atoms with Crippen molar-refractivity contribution in [2.24, 2.45) is 0 Å². The van der Waals surface area contributed by atoms with Crippen LogP contribution < -0.4 is 5.32 Å².